The molecule has 1 amide bonds. The molecule has 0 saturated carbocycles. The first-order chi connectivity index (χ1) is 14.1. The van der Waals surface area contributed by atoms with Crippen molar-refractivity contribution in [3.63, 3.8) is 0 Å². The van der Waals surface area contributed by atoms with Crippen LogP contribution in [0.3, 0.4) is 0 Å². The third kappa shape index (κ3) is 4.88. The van der Waals surface area contributed by atoms with Gasteiger partial charge in [-0.15, -0.1) is 0 Å². The van der Waals surface area contributed by atoms with Crippen molar-refractivity contribution in [2.45, 2.75) is 50.8 Å². The highest BCUT2D eigenvalue weighted by Gasteiger charge is 2.38. The van der Waals surface area contributed by atoms with Gasteiger partial charge in [-0.05, 0) is 23.5 Å². The molecule has 4 rings (SSSR count). The first-order valence-electron chi connectivity index (χ1n) is 10.8. The number of nitrogens with one attached hydrogen (secondary N) is 1. The van der Waals surface area contributed by atoms with Crippen LogP contribution in [0.25, 0.3) is 0 Å². The maximum atomic E-state index is 13.0. The number of morpholine rings is 1. The zero-order valence-corrected chi connectivity index (χ0v) is 17.5. The van der Waals surface area contributed by atoms with Crippen LogP contribution >= 0.6 is 0 Å². The van der Waals surface area contributed by atoms with E-state index in [2.05, 4.69) is 48.3 Å². The van der Waals surface area contributed by atoms with Crippen molar-refractivity contribution in [2.75, 3.05) is 19.7 Å². The molecule has 0 spiro atoms. The minimum absolute atomic E-state index is 0.0787. The Balaban J connectivity index is 1.39. The number of hydrogen-bond donors (Lipinski definition) is 1. The van der Waals surface area contributed by atoms with Gasteiger partial charge in [0.25, 0.3) is 0 Å². The van der Waals surface area contributed by atoms with E-state index in [4.69, 9.17) is 4.74 Å². The second-order valence-electron chi connectivity index (χ2n) is 8.80. The smallest absolute Gasteiger partial charge is 0.221 e. The summed E-state index contributed by atoms with van der Waals surface area (Å²) >= 11 is 0. The van der Waals surface area contributed by atoms with Gasteiger partial charge in [-0.2, -0.15) is 0 Å². The topological polar surface area (TPSA) is 41.6 Å². The summed E-state index contributed by atoms with van der Waals surface area (Å²) in [5, 5.41) is 3.31. The van der Waals surface area contributed by atoms with Crippen LogP contribution in [0, 0.1) is 5.92 Å². The Morgan fingerprint density at radius 3 is 2.24 bits per heavy atom. The van der Waals surface area contributed by atoms with Gasteiger partial charge in [-0.1, -0.05) is 74.5 Å². The van der Waals surface area contributed by atoms with Crippen LogP contribution in [0.4, 0.5) is 0 Å². The summed E-state index contributed by atoms with van der Waals surface area (Å²) in [6, 6.07) is 21.3. The van der Waals surface area contributed by atoms with E-state index in [0.717, 1.165) is 26.1 Å². The lowest BCUT2D eigenvalue weighted by molar-refractivity contribution is -0.121. The zero-order valence-electron chi connectivity index (χ0n) is 17.5. The second-order valence-corrected chi connectivity index (χ2v) is 8.80. The van der Waals surface area contributed by atoms with E-state index in [0.29, 0.717) is 24.5 Å². The van der Waals surface area contributed by atoms with E-state index in [9.17, 15) is 4.79 Å². The van der Waals surface area contributed by atoms with Gasteiger partial charge in [0.2, 0.25) is 5.91 Å². The zero-order chi connectivity index (χ0) is 20.2. The van der Waals surface area contributed by atoms with Crippen molar-refractivity contribution in [1.29, 1.82) is 0 Å². The third-order valence-electron chi connectivity index (χ3n) is 6.35. The summed E-state index contributed by atoms with van der Waals surface area (Å²) in [6.07, 6.45) is 1.76. The predicted octanol–water partition coefficient (Wildman–Crippen LogP) is 3.82. The molecular formula is C25H32N2O2. The van der Waals surface area contributed by atoms with E-state index >= 15 is 0 Å². The van der Waals surface area contributed by atoms with Gasteiger partial charge >= 0.3 is 0 Å². The Kier molecular flexibility index (Phi) is 6.31. The van der Waals surface area contributed by atoms with E-state index in [-0.39, 0.29) is 17.9 Å². The second kappa shape index (κ2) is 9.10. The van der Waals surface area contributed by atoms with E-state index in [1.807, 2.05) is 36.4 Å². The fraction of sp³-hybridized carbons (Fsp3) is 0.480. The lowest BCUT2D eigenvalue weighted by atomic mass is 9.88. The SMILES string of the molecule is CC(C)[C@H]1CN2C[C@H](NC(=O)CC(c3ccccc3)c3ccccc3)C[C@H]2CO1. The summed E-state index contributed by atoms with van der Waals surface area (Å²) < 4.78 is 6.03. The summed E-state index contributed by atoms with van der Waals surface area (Å²) in [7, 11) is 0. The van der Waals surface area contributed by atoms with Crippen molar-refractivity contribution in [2.24, 2.45) is 5.92 Å². The monoisotopic (exact) mass is 392 g/mol. The molecule has 0 unspecified atom stereocenters. The molecule has 0 aliphatic carbocycles. The van der Waals surface area contributed by atoms with Gasteiger partial charge in [-0.3, -0.25) is 9.69 Å². The highest BCUT2D eigenvalue weighted by molar-refractivity contribution is 5.78. The van der Waals surface area contributed by atoms with Gasteiger partial charge in [-0.25, -0.2) is 0 Å². The Morgan fingerprint density at radius 2 is 1.66 bits per heavy atom. The van der Waals surface area contributed by atoms with Crippen LogP contribution < -0.4 is 5.32 Å². The summed E-state index contributed by atoms with van der Waals surface area (Å²) in [5.41, 5.74) is 2.37. The summed E-state index contributed by atoms with van der Waals surface area (Å²) in [5.74, 6) is 0.742. The number of amides is 1. The van der Waals surface area contributed by atoms with Crippen LogP contribution in [-0.4, -0.2) is 48.7 Å². The maximum Gasteiger partial charge on any atom is 0.221 e. The predicted molar refractivity (Wildman–Crippen MR) is 116 cm³/mol. The van der Waals surface area contributed by atoms with Gasteiger partial charge in [0.1, 0.15) is 0 Å². The molecule has 4 heteroatoms. The van der Waals surface area contributed by atoms with Crippen LogP contribution in [0.2, 0.25) is 0 Å². The van der Waals surface area contributed by atoms with Crippen LogP contribution in [-0.2, 0) is 9.53 Å². The Hall–Kier alpha value is -2.17. The molecule has 3 atom stereocenters. The number of hydrogen-bond acceptors (Lipinski definition) is 3. The number of carbonyl (C=O) groups excluding carboxylic acids is 1. The molecule has 154 valence electrons. The molecule has 4 nitrogen and oxygen atoms in total. The molecule has 1 N–H and O–H groups in total. The average molecular weight is 393 g/mol. The fourth-order valence-corrected chi connectivity index (χ4v) is 4.68. The van der Waals surface area contributed by atoms with Crippen molar-refractivity contribution in [1.82, 2.24) is 10.2 Å². The highest BCUT2D eigenvalue weighted by Crippen LogP contribution is 2.29. The van der Waals surface area contributed by atoms with Crippen molar-refractivity contribution < 1.29 is 9.53 Å². The normalized spacial score (nSPS) is 24.6. The maximum absolute atomic E-state index is 13.0. The lowest BCUT2D eigenvalue weighted by Crippen LogP contribution is -2.48. The van der Waals surface area contributed by atoms with Gasteiger partial charge < -0.3 is 10.1 Å². The minimum atomic E-state index is 0.0787. The van der Waals surface area contributed by atoms with Gasteiger partial charge in [0, 0.05) is 37.5 Å². The summed E-state index contributed by atoms with van der Waals surface area (Å²) in [6.45, 7) is 7.13. The van der Waals surface area contributed by atoms with Crippen molar-refractivity contribution in [3.05, 3.63) is 71.8 Å². The molecule has 2 fully saturated rings. The molecule has 0 bridgehead atoms. The molecule has 0 radical (unpaired) electrons. The third-order valence-corrected chi connectivity index (χ3v) is 6.35. The molecular weight excluding hydrogens is 360 g/mol. The lowest BCUT2D eigenvalue weighted by Gasteiger charge is -2.36. The van der Waals surface area contributed by atoms with E-state index in [1.54, 1.807) is 0 Å². The van der Waals surface area contributed by atoms with Crippen LogP contribution in [0.5, 0.6) is 0 Å². The number of carbonyl (C=O) groups is 1. The molecule has 29 heavy (non-hydrogen) atoms. The van der Waals surface area contributed by atoms with Crippen LogP contribution in [0.15, 0.2) is 60.7 Å². The number of ether oxygens (including phenoxy) is 1. The van der Waals surface area contributed by atoms with Gasteiger partial charge in [0.05, 0.1) is 12.7 Å². The Morgan fingerprint density at radius 1 is 1.03 bits per heavy atom. The molecule has 2 heterocycles. The quantitative estimate of drug-likeness (QED) is 0.813. The number of fused-ring (bicyclic) bond motifs is 1. The molecule has 2 aliphatic rings. The number of rotatable bonds is 6. The molecule has 2 aromatic rings. The van der Waals surface area contributed by atoms with Crippen molar-refractivity contribution >= 4 is 5.91 Å². The standard InChI is InChI=1S/C25H32N2O2/c1-18(2)24-16-27-15-21(13-22(27)17-29-24)26-25(28)14-23(19-9-5-3-6-10-19)20-11-7-4-8-12-20/h3-12,18,21-24H,13-17H2,1-2H3,(H,26,28)/t21-,22+,24-/m1/s1. The van der Waals surface area contributed by atoms with Crippen molar-refractivity contribution in [3.8, 4) is 0 Å². The first kappa shape index (κ1) is 20.1. The van der Waals surface area contributed by atoms with Crippen LogP contribution in [0.1, 0.15) is 43.7 Å². The first-order valence-corrected chi connectivity index (χ1v) is 10.8. The largest absolute Gasteiger partial charge is 0.375 e. The van der Waals surface area contributed by atoms with Gasteiger partial charge in [0.15, 0.2) is 0 Å². The Labute approximate surface area is 174 Å². The highest BCUT2D eigenvalue weighted by atomic mass is 16.5. The molecule has 2 aromatic carbocycles. The fourth-order valence-electron chi connectivity index (χ4n) is 4.68. The van der Waals surface area contributed by atoms with E-state index in [1.165, 1.54) is 11.1 Å². The minimum Gasteiger partial charge on any atom is -0.375 e. The molecule has 2 saturated heterocycles. The summed E-state index contributed by atoms with van der Waals surface area (Å²) in [4.78, 5) is 15.5. The number of benzene rings is 2. The number of nitrogens with zero attached hydrogens (tertiary/aromatic N) is 1. The molecule has 2 aliphatic heterocycles. The molecule has 0 aromatic heterocycles. The van der Waals surface area contributed by atoms with E-state index < -0.39 is 0 Å². The average Bonchev–Trinajstić information content (AvgIpc) is 3.14. The Bertz CT molecular complexity index is 753.